The second-order valence-electron chi connectivity index (χ2n) is 5.13. The molecule has 0 aliphatic heterocycles. The summed E-state index contributed by atoms with van der Waals surface area (Å²) in [6.07, 6.45) is 0.574. The van der Waals surface area contributed by atoms with Gasteiger partial charge in [-0.25, -0.2) is 4.79 Å². The summed E-state index contributed by atoms with van der Waals surface area (Å²) in [5.74, 6) is -0.951. The van der Waals surface area contributed by atoms with Crippen LogP contribution in [0, 0.1) is 13.8 Å². The van der Waals surface area contributed by atoms with Crippen LogP contribution in [0.25, 0.3) is 5.69 Å². The van der Waals surface area contributed by atoms with E-state index in [2.05, 4.69) is 5.10 Å². The number of amides is 1. The quantitative estimate of drug-likeness (QED) is 0.889. The first-order chi connectivity index (χ1) is 10.4. The number of rotatable bonds is 4. The average Bonchev–Trinajstić information content (AvgIpc) is 2.46. The highest BCUT2D eigenvalue weighted by Crippen LogP contribution is 2.11. The Kier molecular flexibility index (Phi) is 4.25. The summed E-state index contributed by atoms with van der Waals surface area (Å²) < 4.78 is 2.03. The molecule has 0 unspecified atom stereocenters. The molecule has 0 aliphatic rings. The Balaban J connectivity index is 2.80. The summed E-state index contributed by atoms with van der Waals surface area (Å²) in [5.41, 5.74) is 5.95. The highest BCUT2D eigenvalue weighted by Gasteiger charge is 2.17. The van der Waals surface area contributed by atoms with E-state index in [4.69, 9.17) is 5.73 Å². The zero-order valence-electron chi connectivity index (χ0n) is 12.8. The maximum Gasteiger partial charge on any atom is 0.352 e. The van der Waals surface area contributed by atoms with Crippen molar-refractivity contribution >= 4 is 5.91 Å². The molecule has 0 radical (unpaired) electrons. The largest absolute Gasteiger partial charge is 0.364 e. The summed E-state index contributed by atoms with van der Waals surface area (Å²) in [4.78, 5) is 36.0. The van der Waals surface area contributed by atoms with Crippen LogP contribution >= 0.6 is 0 Å². The molecule has 1 aromatic carbocycles. The number of hydrogen-bond donors (Lipinski definition) is 1. The van der Waals surface area contributed by atoms with Crippen LogP contribution in [0.4, 0.5) is 0 Å². The van der Waals surface area contributed by atoms with E-state index in [0.29, 0.717) is 12.1 Å². The lowest BCUT2D eigenvalue weighted by atomic mass is 10.1. The van der Waals surface area contributed by atoms with Gasteiger partial charge in [0.2, 0.25) is 5.69 Å². The maximum atomic E-state index is 12.5. The fourth-order valence-electron chi connectivity index (χ4n) is 2.12. The topological polar surface area (TPSA) is 100.0 Å². The van der Waals surface area contributed by atoms with Gasteiger partial charge in [-0.2, -0.15) is 9.78 Å². The van der Waals surface area contributed by atoms with Gasteiger partial charge in [0.1, 0.15) is 0 Å². The Hall–Kier alpha value is -2.70. The molecule has 0 bridgehead atoms. The minimum Gasteiger partial charge on any atom is -0.364 e. The molecule has 2 rings (SSSR count). The Morgan fingerprint density at radius 2 is 1.91 bits per heavy atom. The molecule has 0 fully saturated rings. The van der Waals surface area contributed by atoms with Crippen molar-refractivity contribution in [3.05, 3.63) is 55.9 Å². The van der Waals surface area contributed by atoms with Gasteiger partial charge >= 0.3 is 5.69 Å². The first-order valence-electron chi connectivity index (χ1n) is 6.98. The Morgan fingerprint density at radius 1 is 1.23 bits per heavy atom. The van der Waals surface area contributed by atoms with Gasteiger partial charge in [0, 0.05) is 6.54 Å². The molecule has 7 nitrogen and oxygen atoms in total. The number of nitrogens with zero attached hydrogens (tertiary/aromatic N) is 3. The van der Waals surface area contributed by atoms with Gasteiger partial charge in [0.05, 0.1) is 5.69 Å². The van der Waals surface area contributed by atoms with Gasteiger partial charge in [0.25, 0.3) is 11.5 Å². The number of aryl methyl sites for hydroxylation is 2. The normalized spacial score (nSPS) is 10.7. The Morgan fingerprint density at radius 3 is 2.45 bits per heavy atom. The minimum atomic E-state index is -0.951. The van der Waals surface area contributed by atoms with E-state index in [1.807, 2.05) is 26.8 Å². The van der Waals surface area contributed by atoms with Crippen LogP contribution in [0.1, 0.15) is 35.0 Å². The molecule has 0 saturated carbocycles. The standard InChI is InChI=1S/C15H18N4O3/c1-4-7-18-14(21)12(13(16)20)17-19(15(18)22)11-6-5-9(2)10(3)8-11/h5-6,8H,4,7H2,1-3H3,(H2,16,20). The van der Waals surface area contributed by atoms with Gasteiger partial charge in [-0.05, 0) is 43.5 Å². The molecular formula is C15H18N4O3. The van der Waals surface area contributed by atoms with Crippen molar-refractivity contribution in [2.75, 3.05) is 0 Å². The number of nitrogens with two attached hydrogens (primary N) is 1. The smallest absolute Gasteiger partial charge is 0.352 e. The number of primary amides is 1. The summed E-state index contributed by atoms with van der Waals surface area (Å²) in [7, 11) is 0. The molecule has 2 N–H and O–H groups in total. The molecule has 1 heterocycles. The van der Waals surface area contributed by atoms with Crippen LogP contribution in [0.15, 0.2) is 27.8 Å². The van der Waals surface area contributed by atoms with Crippen molar-refractivity contribution in [2.45, 2.75) is 33.7 Å². The number of aromatic nitrogens is 3. The van der Waals surface area contributed by atoms with Gasteiger partial charge in [-0.1, -0.05) is 13.0 Å². The van der Waals surface area contributed by atoms with Crippen LogP contribution in [0.2, 0.25) is 0 Å². The van der Waals surface area contributed by atoms with Crippen molar-refractivity contribution in [1.29, 1.82) is 0 Å². The number of hydrogen-bond acceptors (Lipinski definition) is 4. The van der Waals surface area contributed by atoms with E-state index in [1.165, 1.54) is 0 Å². The van der Waals surface area contributed by atoms with Gasteiger partial charge in [-0.3, -0.25) is 14.2 Å². The van der Waals surface area contributed by atoms with Gasteiger partial charge in [0.15, 0.2) is 0 Å². The monoisotopic (exact) mass is 302 g/mol. The van der Waals surface area contributed by atoms with Crippen molar-refractivity contribution < 1.29 is 4.79 Å². The summed E-state index contributed by atoms with van der Waals surface area (Å²) in [5, 5.41) is 3.85. The predicted octanol–water partition coefficient (Wildman–Crippen LogP) is 0.520. The third-order valence-corrected chi connectivity index (χ3v) is 3.48. The highest BCUT2D eigenvalue weighted by atomic mass is 16.2. The van der Waals surface area contributed by atoms with Crippen LogP contribution < -0.4 is 17.0 Å². The van der Waals surface area contributed by atoms with E-state index >= 15 is 0 Å². The first kappa shape index (κ1) is 15.7. The first-order valence-corrected chi connectivity index (χ1v) is 6.98. The maximum absolute atomic E-state index is 12.5. The summed E-state index contributed by atoms with van der Waals surface area (Å²) >= 11 is 0. The second-order valence-corrected chi connectivity index (χ2v) is 5.13. The zero-order valence-corrected chi connectivity index (χ0v) is 12.8. The molecule has 116 valence electrons. The van der Waals surface area contributed by atoms with E-state index < -0.39 is 22.9 Å². The molecule has 1 amide bonds. The summed E-state index contributed by atoms with van der Waals surface area (Å²) in [6, 6.07) is 5.33. The van der Waals surface area contributed by atoms with Crippen LogP contribution in [-0.2, 0) is 6.54 Å². The van der Waals surface area contributed by atoms with Crippen LogP contribution in [0.5, 0.6) is 0 Å². The van der Waals surface area contributed by atoms with Crippen LogP contribution in [-0.4, -0.2) is 20.3 Å². The van der Waals surface area contributed by atoms with E-state index in [9.17, 15) is 14.4 Å². The average molecular weight is 302 g/mol. The van der Waals surface area contributed by atoms with Crippen molar-refractivity contribution in [2.24, 2.45) is 5.73 Å². The molecule has 7 heteroatoms. The fourth-order valence-corrected chi connectivity index (χ4v) is 2.12. The van der Waals surface area contributed by atoms with Gasteiger partial charge in [-0.15, -0.1) is 0 Å². The third-order valence-electron chi connectivity index (χ3n) is 3.48. The van der Waals surface area contributed by atoms with Crippen molar-refractivity contribution in [3.8, 4) is 5.69 Å². The van der Waals surface area contributed by atoms with Crippen molar-refractivity contribution in [1.82, 2.24) is 14.3 Å². The number of carbonyl (C=O) groups excluding carboxylic acids is 1. The predicted molar refractivity (Wildman–Crippen MR) is 82.4 cm³/mol. The Bertz CT molecular complexity index is 849. The van der Waals surface area contributed by atoms with E-state index in [1.54, 1.807) is 12.1 Å². The lowest BCUT2D eigenvalue weighted by molar-refractivity contribution is 0.0991. The SMILES string of the molecule is CCCn1c(=O)c(C(N)=O)nn(-c2ccc(C)c(C)c2)c1=O. The molecule has 2 aromatic rings. The lowest BCUT2D eigenvalue weighted by Gasteiger charge is -2.11. The lowest BCUT2D eigenvalue weighted by Crippen LogP contribution is -2.45. The molecule has 0 atom stereocenters. The molecule has 0 spiro atoms. The second kappa shape index (κ2) is 5.97. The molecule has 0 aliphatic carbocycles. The van der Waals surface area contributed by atoms with Gasteiger partial charge < -0.3 is 5.73 Å². The molecule has 22 heavy (non-hydrogen) atoms. The summed E-state index contributed by atoms with van der Waals surface area (Å²) in [6.45, 7) is 5.88. The molecule has 1 aromatic heterocycles. The highest BCUT2D eigenvalue weighted by molar-refractivity contribution is 5.90. The van der Waals surface area contributed by atoms with Crippen LogP contribution in [0.3, 0.4) is 0 Å². The Labute approximate surface area is 127 Å². The third kappa shape index (κ3) is 2.69. The molecule has 0 saturated heterocycles. The van der Waals surface area contributed by atoms with Crippen molar-refractivity contribution in [3.63, 3.8) is 0 Å². The van der Waals surface area contributed by atoms with E-state index in [0.717, 1.165) is 20.4 Å². The molecular weight excluding hydrogens is 284 g/mol. The zero-order chi connectivity index (χ0) is 16.4. The number of carbonyl (C=O) groups is 1. The minimum absolute atomic E-state index is 0.200. The number of benzene rings is 1. The van der Waals surface area contributed by atoms with E-state index in [-0.39, 0.29) is 6.54 Å². The fraction of sp³-hybridized carbons (Fsp3) is 0.333.